The van der Waals surface area contributed by atoms with Gasteiger partial charge in [-0.1, -0.05) is 6.42 Å². The first-order chi connectivity index (χ1) is 10.0. The van der Waals surface area contributed by atoms with E-state index < -0.39 is 5.97 Å². The third kappa shape index (κ3) is 2.86. The summed E-state index contributed by atoms with van der Waals surface area (Å²) in [5.41, 5.74) is 6.47. The van der Waals surface area contributed by atoms with Crippen LogP contribution in [0.4, 0.5) is 11.4 Å². The van der Waals surface area contributed by atoms with E-state index >= 15 is 0 Å². The Kier molecular flexibility index (Phi) is 3.57. The molecule has 3 unspecified atom stereocenters. The zero-order valence-corrected chi connectivity index (χ0v) is 11.8. The lowest BCUT2D eigenvalue weighted by molar-refractivity contribution is -0.117. The van der Waals surface area contributed by atoms with E-state index in [9.17, 15) is 9.59 Å². The number of hydrogen-bond acceptors (Lipinski definition) is 3. The summed E-state index contributed by atoms with van der Waals surface area (Å²) in [5, 5.41) is 11.9. The molecule has 2 aliphatic carbocycles. The third-order valence-corrected chi connectivity index (χ3v) is 4.88. The van der Waals surface area contributed by atoms with Gasteiger partial charge in [-0.15, -0.1) is 0 Å². The highest BCUT2D eigenvalue weighted by atomic mass is 16.4. The van der Waals surface area contributed by atoms with Gasteiger partial charge in [0.1, 0.15) is 0 Å². The van der Waals surface area contributed by atoms with Crippen LogP contribution in [-0.4, -0.2) is 17.0 Å². The average molecular weight is 288 g/mol. The molecule has 0 aromatic heterocycles. The minimum atomic E-state index is -1.06. The third-order valence-electron chi connectivity index (χ3n) is 4.88. The molecule has 2 saturated carbocycles. The predicted octanol–water partition coefficient (Wildman–Crippen LogP) is 2.73. The molecule has 2 bridgehead atoms. The number of nitrogens with two attached hydrogens (primary N) is 1. The Hall–Kier alpha value is -2.04. The first-order valence-corrected chi connectivity index (χ1v) is 7.45. The molecule has 5 heteroatoms. The van der Waals surface area contributed by atoms with E-state index in [0.29, 0.717) is 23.9 Å². The molecular weight excluding hydrogens is 268 g/mol. The SMILES string of the molecule is Nc1ccc(C(=O)O)c(NC(=O)CC2CC3CCC2C3)c1. The van der Waals surface area contributed by atoms with E-state index in [2.05, 4.69) is 5.32 Å². The quantitative estimate of drug-likeness (QED) is 0.743. The Labute approximate surface area is 123 Å². The van der Waals surface area contributed by atoms with Gasteiger partial charge in [0.2, 0.25) is 5.91 Å². The van der Waals surface area contributed by atoms with Crippen LogP contribution < -0.4 is 11.1 Å². The van der Waals surface area contributed by atoms with Gasteiger partial charge in [-0.25, -0.2) is 4.79 Å². The molecule has 0 spiro atoms. The van der Waals surface area contributed by atoms with Gasteiger partial charge in [0.05, 0.1) is 11.3 Å². The van der Waals surface area contributed by atoms with Gasteiger partial charge in [0.25, 0.3) is 0 Å². The number of carboxylic acid groups (broad SMARTS) is 1. The van der Waals surface area contributed by atoms with Gasteiger partial charge in [-0.2, -0.15) is 0 Å². The van der Waals surface area contributed by atoms with Crippen LogP contribution in [-0.2, 0) is 4.79 Å². The first kappa shape index (κ1) is 13.9. The van der Waals surface area contributed by atoms with Crippen molar-refractivity contribution in [2.75, 3.05) is 11.1 Å². The molecule has 2 fully saturated rings. The number of rotatable bonds is 4. The second kappa shape index (κ2) is 5.39. The lowest BCUT2D eigenvalue weighted by Gasteiger charge is -2.21. The summed E-state index contributed by atoms with van der Waals surface area (Å²) < 4.78 is 0. The lowest BCUT2D eigenvalue weighted by Crippen LogP contribution is -2.21. The summed E-state index contributed by atoms with van der Waals surface area (Å²) >= 11 is 0. The highest BCUT2D eigenvalue weighted by Gasteiger charge is 2.40. The molecule has 1 aromatic carbocycles. The average Bonchev–Trinajstić information content (AvgIpc) is 3.00. The lowest BCUT2D eigenvalue weighted by atomic mass is 9.86. The van der Waals surface area contributed by atoms with Crippen molar-refractivity contribution in [2.45, 2.75) is 32.1 Å². The first-order valence-electron chi connectivity index (χ1n) is 7.45. The number of amides is 1. The van der Waals surface area contributed by atoms with Crippen molar-refractivity contribution in [3.63, 3.8) is 0 Å². The van der Waals surface area contributed by atoms with Crippen LogP contribution in [0.3, 0.4) is 0 Å². The summed E-state index contributed by atoms with van der Waals surface area (Å²) in [7, 11) is 0. The fourth-order valence-corrected chi connectivity index (χ4v) is 3.92. The zero-order chi connectivity index (χ0) is 15.0. The van der Waals surface area contributed by atoms with E-state index in [-0.39, 0.29) is 17.2 Å². The number of aromatic carboxylic acids is 1. The van der Waals surface area contributed by atoms with E-state index in [1.807, 2.05) is 0 Å². The van der Waals surface area contributed by atoms with Gasteiger partial charge in [0.15, 0.2) is 0 Å². The molecule has 0 radical (unpaired) electrons. The fourth-order valence-electron chi connectivity index (χ4n) is 3.92. The van der Waals surface area contributed by atoms with Crippen LogP contribution in [0.5, 0.6) is 0 Å². The number of nitrogens with one attached hydrogen (secondary N) is 1. The topological polar surface area (TPSA) is 92.4 Å². The summed E-state index contributed by atoms with van der Waals surface area (Å²) in [6, 6.07) is 4.45. The predicted molar refractivity (Wildman–Crippen MR) is 80.0 cm³/mol. The molecule has 1 amide bonds. The molecule has 0 aliphatic heterocycles. The van der Waals surface area contributed by atoms with Gasteiger partial charge < -0.3 is 16.2 Å². The Morgan fingerprint density at radius 2 is 2.10 bits per heavy atom. The number of anilines is 2. The van der Waals surface area contributed by atoms with Crippen molar-refractivity contribution in [3.8, 4) is 0 Å². The second-order valence-electron chi connectivity index (χ2n) is 6.30. The van der Waals surface area contributed by atoms with E-state index in [1.165, 1.54) is 37.5 Å². The smallest absolute Gasteiger partial charge is 0.337 e. The number of carbonyl (C=O) groups is 2. The van der Waals surface area contributed by atoms with Crippen LogP contribution in [0.15, 0.2) is 18.2 Å². The zero-order valence-electron chi connectivity index (χ0n) is 11.8. The van der Waals surface area contributed by atoms with E-state index in [0.717, 1.165) is 12.3 Å². The number of nitrogen functional groups attached to an aromatic ring is 1. The molecule has 1 aromatic rings. The van der Waals surface area contributed by atoms with Crippen molar-refractivity contribution in [2.24, 2.45) is 17.8 Å². The van der Waals surface area contributed by atoms with Gasteiger partial charge >= 0.3 is 5.97 Å². The molecule has 4 N–H and O–H groups in total. The Morgan fingerprint density at radius 1 is 1.29 bits per heavy atom. The molecule has 0 saturated heterocycles. The van der Waals surface area contributed by atoms with Crippen LogP contribution in [0, 0.1) is 17.8 Å². The molecule has 5 nitrogen and oxygen atoms in total. The molecule has 112 valence electrons. The van der Waals surface area contributed by atoms with Crippen LogP contribution >= 0.6 is 0 Å². The van der Waals surface area contributed by atoms with Crippen molar-refractivity contribution < 1.29 is 14.7 Å². The molecule has 21 heavy (non-hydrogen) atoms. The molecule has 0 heterocycles. The minimum Gasteiger partial charge on any atom is -0.478 e. The van der Waals surface area contributed by atoms with E-state index in [1.54, 1.807) is 0 Å². The van der Waals surface area contributed by atoms with Crippen LogP contribution in [0.25, 0.3) is 0 Å². The summed E-state index contributed by atoms with van der Waals surface area (Å²) in [6.45, 7) is 0. The molecule has 3 atom stereocenters. The number of hydrogen-bond donors (Lipinski definition) is 3. The monoisotopic (exact) mass is 288 g/mol. The number of fused-ring (bicyclic) bond motifs is 2. The summed E-state index contributed by atoms with van der Waals surface area (Å²) in [4.78, 5) is 23.4. The van der Waals surface area contributed by atoms with Gasteiger partial charge in [-0.3, -0.25) is 4.79 Å². The highest BCUT2D eigenvalue weighted by Crippen LogP contribution is 2.49. The Bertz CT molecular complexity index is 585. The Morgan fingerprint density at radius 3 is 2.71 bits per heavy atom. The van der Waals surface area contributed by atoms with Crippen molar-refractivity contribution in [1.29, 1.82) is 0 Å². The van der Waals surface area contributed by atoms with Crippen LogP contribution in [0.2, 0.25) is 0 Å². The number of carbonyl (C=O) groups excluding carboxylic acids is 1. The van der Waals surface area contributed by atoms with Gasteiger partial charge in [0, 0.05) is 12.1 Å². The molecular formula is C16H20N2O3. The van der Waals surface area contributed by atoms with Crippen molar-refractivity contribution >= 4 is 23.3 Å². The standard InChI is InChI=1S/C16H20N2O3/c17-12-3-4-13(16(20)21)14(8-12)18-15(19)7-11-6-9-1-2-10(11)5-9/h3-4,8-11H,1-2,5-7,17H2,(H,18,19)(H,20,21). The van der Waals surface area contributed by atoms with Crippen molar-refractivity contribution in [3.05, 3.63) is 23.8 Å². The van der Waals surface area contributed by atoms with Crippen molar-refractivity contribution in [1.82, 2.24) is 0 Å². The maximum absolute atomic E-state index is 12.2. The number of benzene rings is 1. The van der Waals surface area contributed by atoms with Gasteiger partial charge in [-0.05, 0) is 55.2 Å². The molecule has 3 rings (SSSR count). The maximum Gasteiger partial charge on any atom is 0.337 e. The van der Waals surface area contributed by atoms with E-state index in [4.69, 9.17) is 10.8 Å². The van der Waals surface area contributed by atoms with Crippen LogP contribution in [0.1, 0.15) is 42.5 Å². The Balaban J connectivity index is 1.67. The fraction of sp³-hybridized carbons (Fsp3) is 0.500. The minimum absolute atomic E-state index is 0.0745. The number of carboxylic acids is 1. The second-order valence-corrected chi connectivity index (χ2v) is 6.30. The largest absolute Gasteiger partial charge is 0.478 e. The normalized spacial score (nSPS) is 26.8. The molecule has 2 aliphatic rings. The summed E-state index contributed by atoms with van der Waals surface area (Å²) in [5.74, 6) is 0.763. The summed E-state index contributed by atoms with van der Waals surface area (Å²) in [6.07, 6.45) is 5.43. The maximum atomic E-state index is 12.2. The highest BCUT2D eigenvalue weighted by molar-refractivity contribution is 6.01.